The van der Waals surface area contributed by atoms with Gasteiger partial charge in [-0.15, -0.1) is 11.3 Å². The van der Waals surface area contributed by atoms with Gasteiger partial charge in [-0.2, -0.15) is 0 Å². The minimum absolute atomic E-state index is 0.145. The number of hydrogen-bond acceptors (Lipinski definition) is 3. The van der Waals surface area contributed by atoms with Crippen LogP contribution in [0.1, 0.15) is 41.2 Å². The number of hydrogen-bond donors (Lipinski definition) is 1. The number of thiazole rings is 1. The average molecular weight is 292 g/mol. The van der Waals surface area contributed by atoms with E-state index in [1.54, 1.807) is 17.4 Å². The van der Waals surface area contributed by atoms with Gasteiger partial charge < -0.3 is 5.32 Å². The molecule has 1 aromatic heterocycles. The Morgan fingerprint density at radius 2 is 2.15 bits per heavy atom. The number of aromatic nitrogens is 1. The molecule has 0 amide bonds. The number of rotatable bonds is 6. The Morgan fingerprint density at radius 3 is 2.75 bits per heavy atom. The molecule has 2 nitrogen and oxygen atoms in total. The predicted octanol–water partition coefficient (Wildman–Crippen LogP) is 4.18. The van der Waals surface area contributed by atoms with E-state index in [1.165, 1.54) is 0 Å². The highest BCUT2D eigenvalue weighted by atomic mass is 32.1. The van der Waals surface area contributed by atoms with Gasteiger partial charge >= 0.3 is 0 Å². The van der Waals surface area contributed by atoms with Gasteiger partial charge in [0.05, 0.1) is 5.01 Å². The van der Waals surface area contributed by atoms with Crippen LogP contribution in [0.4, 0.5) is 4.39 Å². The number of halogens is 1. The normalized spacial score (nSPS) is 12.6. The van der Waals surface area contributed by atoms with Gasteiger partial charge in [0.2, 0.25) is 0 Å². The zero-order valence-electron chi connectivity index (χ0n) is 12.2. The maximum atomic E-state index is 13.4. The van der Waals surface area contributed by atoms with E-state index in [-0.39, 0.29) is 11.9 Å². The van der Waals surface area contributed by atoms with E-state index in [2.05, 4.69) is 22.6 Å². The van der Waals surface area contributed by atoms with Crippen molar-refractivity contribution in [3.63, 3.8) is 0 Å². The van der Waals surface area contributed by atoms with Crippen molar-refractivity contribution in [3.8, 4) is 0 Å². The predicted molar refractivity (Wildman–Crippen MR) is 82.7 cm³/mol. The number of nitrogens with one attached hydrogen (secondary N) is 1. The van der Waals surface area contributed by atoms with Crippen molar-refractivity contribution in [2.75, 3.05) is 6.54 Å². The molecule has 2 rings (SSSR count). The molecule has 0 fully saturated rings. The van der Waals surface area contributed by atoms with Gasteiger partial charge in [0.1, 0.15) is 5.82 Å². The van der Waals surface area contributed by atoms with Crippen molar-refractivity contribution in [1.82, 2.24) is 10.3 Å². The Morgan fingerprint density at radius 1 is 1.35 bits per heavy atom. The Balaban J connectivity index is 2.19. The first-order chi connectivity index (χ1) is 9.60. The lowest BCUT2D eigenvalue weighted by molar-refractivity contribution is 0.525. The first-order valence-electron chi connectivity index (χ1n) is 7.00. The molecule has 0 aliphatic heterocycles. The topological polar surface area (TPSA) is 24.9 Å². The zero-order valence-corrected chi connectivity index (χ0v) is 13.1. The Kier molecular flexibility index (Phi) is 5.26. The summed E-state index contributed by atoms with van der Waals surface area (Å²) < 4.78 is 13.4. The van der Waals surface area contributed by atoms with Crippen LogP contribution in [0, 0.1) is 19.7 Å². The quantitative estimate of drug-likeness (QED) is 0.864. The molecule has 0 saturated carbocycles. The number of benzene rings is 1. The van der Waals surface area contributed by atoms with Gasteiger partial charge in [-0.25, -0.2) is 9.37 Å². The summed E-state index contributed by atoms with van der Waals surface area (Å²) in [4.78, 5) is 4.53. The second kappa shape index (κ2) is 6.95. The summed E-state index contributed by atoms with van der Waals surface area (Å²) in [6.45, 7) is 6.92. The fraction of sp³-hybridized carbons (Fsp3) is 0.438. The van der Waals surface area contributed by atoms with Crippen LogP contribution in [-0.4, -0.2) is 11.5 Å². The minimum atomic E-state index is -0.145. The van der Waals surface area contributed by atoms with Gasteiger partial charge in [0.25, 0.3) is 0 Å². The van der Waals surface area contributed by atoms with E-state index in [0.717, 1.165) is 35.7 Å². The molecule has 0 radical (unpaired) electrons. The molecule has 1 atom stereocenters. The second-order valence-electron chi connectivity index (χ2n) is 5.10. The summed E-state index contributed by atoms with van der Waals surface area (Å²) >= 11 is 1.69. The van der Waals surface area contributed by atoms with Crippen molar-refractivity contribution in [1.29, 1.82) is 0 Å². The molecule has 0 saturated heterocycles. The molecule has 0 aliphatic carbocycles. The van der Waals surface area contributed by atoms with E-state index in [0.29, 0.717) is 5.56 Å². The first-order valence-corrected chi connectivity index (χ1v) is 7.88. The molecule has 1 heterocycles. The van der Waals surface area contributed by atoms with E-state index in [4.69, 9.17) is 0 Å². The van der Waals surface area contributed by atoms with Crippen LogP contribution in [0.25, 0.3) is 0 Å². The van der Waals surface area contributed by atoms with Gasteiger partial charge in [0, 0.05) is 23.5 Å². The van der Waals surface area contributed by atoms with Gasteiger partial charge in [0.15, 0.2) is 0 Å². The molecule has 0 spiro atoms. The maximum absolute atomic E-state index is 13.4. The van der Waals surface area contributed by atoms with Crippen LogP contribution >= 0.6 is 11.3 Å². The van der Waals surface area contributed by atoms with E-state index < -0.39 is 0 Å². The molecule has 1 aromatic carbocycles. The van der Waals surface area contributed by atoms with Crippen LogP contribution in [0.2, 0.25) is 0 Å². The molecular weight excluding hydrogens is 271 g/mol. The van der Waals surface area contributed by atoms with Crippen LogP contribution in [0.5, 0.6) is 0 Å². The van der Waals surface area contributed by atoms with Gasteiger partial charge in [-0.3, -0.25) is 0 Å². The largest absolute Gasteiger partial charge is 0.310 e. The fourth-order valence-electron chi connectivity index (χ4n) is 2.18. The molecule has 1 unspecified atom stereocenters. The maximum Gasteiger partial charge on any atom is 0.126 e. The van der Waals surface area contributed by atoms with Crippen LogP contribution in [-0.2, 0) is 6.42 Å². The van der Waals surface area contributed by atoms with Crippen molar-refractivity contribution >= 4 is 11.3 Å². The smallest absolute Gasteiger partial charge is 0.126 e. The second-order valence-corrected chi connectivity index (χ2v) is 6.04. The van der Waals surface area contributed by atoms with Crippen LogP contribution in [0.15, 0.2) is 23.6 Å². The summed E-state index contributed by atoms with van der Waals surface area (Å²) in [5.41, 5.74) is 2.89. The summed E-state index contributed by atoms with van der Waals surface area (Å²) in [6.07, 6.45) is 1.93. The van der Waals surface area contributed by atoms with E-state index >= 15 is 0 Å². The van der Waals surface area contributed by atoms with Gasteiger partial charge in [-0.1, -0.05) is 19.1 Å². The van der Waals surface area contributed by atoms with E-state index in [1.807, 2.05) is 26.0 Å². The highest BCUT2D eigenvalue weighted by molar-refractivity contribution is 7.09. The zero-order chi connectivity index (χ0) is 14.5. The third-order valence-corrected chi connectivity index (χ3v) is 4.26. The van der Waals surface area contributed by atoms with E-state index in [9.17, 15) is 4.39 Å². The molecule has 0 aliphatic rings. The monoisotopic (exact) mass is 292 g/mol. The molecule has 2 aromatic rings. The summed E-state index contributed by atoms with van der Waals surface area (Å²) in [7, 11) is 0. The lowest BCUT2D eigenvalue weighted by Crippen LogP contribution is -2.24. The first kappa shape index (κ1) is 15.1. The number of aryl methyl sites for hydroxylation is 2. The van der Waals surface area contributed by atoms with Gasteiger partial charge in [-0.05, 0) is 44.0 Å². The third kappa shape index (κ3) is 3.87. The SMILES string of the molecule is CCCNC(Cc1nc(C)cs1)c1ccc(F)c(C)c1. The molecule has 4 heteroatoms. The molecule has 0 bridgehead atoms. The number of nitrogens with zero attached hydrogens (tertiary/aromatic N) is 1. The molecule has 1 N–H and O–H groups in total. The highest BCUT2D eigenvalue weighted by Gasteiger charge is 2.14. The molecule has 20 heavy (non-hydrogen) atoms. The average Bonchev–Trinajstić information content (AvgIpc) is 2.83. The lowest BCUT2D eigenvalue weighted by Gasteiger charge is -2.18. The summed E-state index contributed by atoms with van der Waals surface area (Å²) in [5, 5.41) is 6.73. The Hall–Kier alpha value is -1.26. The lowest BCUT2D eigenvalue weighted by atomic mass is 10.0. The van der Waals surface area contributed by atoms with Crippen LogP contribution in [0.3, 0.4) is 0 Å². The summed E-state index contributed by atoms with van der Waals surface area (Å²) in [6, 6.07) is 5.55. The Labute approximate surface area is 124 Å². The van der Waals surface area contributed by atoms with Crippen molar-refractivity contribution in [2.45, 2.75) is 39.7 Å². The highest BCUT2D eigenvalue weighted by Crippen LogP contribution is 2.22. The fourth-order valence-corrected chi connectivity index (χ4v) is 3.00. The summed E-state index contributed by atoms with van der Waals surface area (Å²) in [5.74, 6) is -0.145. The van der Waals surface area contributed by atoms with Crippen LogP contribution < -0.4 is 5.32 Å². The third-order valence-electron chi connectivity index (χ3n) is 3.27. The molecular formula is C16H21FN2S. The van der Waals surface area contributed by atoms with Crippen molar-refractivity contribution < 1.29 is 4.39 Å². The molecule has 108 valence electrons. The van der Waals surface area contributed by atoms with Crippen molar-refractivity contribution in [2.24, 2.45) is 0 Å². The minimum Gasteiger partial charge on any atom is -0.310 e. The van der Waals surface area contributed by atoms with Crippen molar-refractivity contribution in [3.05, 3.63) is 51.2 Å². The Bertz CT molecular complexity index is 565. The standard InChI is InChI=1S/C16H21FN2S/c1-4-7-18-15(9-16-19-12(3)10-20-16)13-5-6-14(17)11(2)8-13/h5-6,8,10,15,18H,4,7,9H2,1-3H3.